The van der Waals surface area contributed by atoms with Crippen LogP contribution in [0, 0.1) is 12.3 Å². The van der Waals surface area contributed by atoms with Crippen LogP contribution >= 0.6 is 0 Å². The summed E-state index contributed by atoms with van der Waals surface area (Å²) in [7, 11) is 0. The van der Waals surface area contributed by atoms with E-state index in [1.807, 2.05) is 18.2 Å². The van der Waals surface area contributed by atoms with Gasteiger partial charge >= 0.3 is 0 Å². The Kier molecular flexibility index (Phi) is 2.51. The molecule has 1 aromatic carbocycles. The maximum absolute atomic E-state index is 5.40. The topological polar surface area (TPSA) is 0 Å². The minimum atomic E-state index is 1.01. The first-order valence-electron chi connectivity index (χ1n) is 4.83. The molecule has 0 nitrogen and oxygen atoms in total. The van der Waals surface area contributed by atoms with Gasteiger partial charge in [0, 0.05) is 5.57 Å². The molecule has 0 radical (unpaired) electrons. The largest absolute Gasteiger partial charge is 0.115 e. The Bertz CT molecular complexity index is 413. The Morgan fingerprint density at radius 3 is 2.64 bits per heavy atom. The van der Waals surface area contributed by atoms with Gasteiger partial charge in [0.25, 0.3) is 0 Å². The van der Waals surface area contributed by atoms with Crippen LogP contribution in [0.2, 0.25) is 0 Å². The lowest BCUT2D eigenvalue weighted by Crippen LogP contribution is -1.90. The molecule has 0 unspecified atom stereocenters. The second-order valence-electron chi connectivity index (χ2n) is 3.38. The predicted molar refractivity (Wildman–Crippen MR) is 60.6 cm³/mol. The molecular formula is C14H12. The second kappa shape index (κ2) is 3.98. The molecule has 0 heteroatoms. The van der Waals surface area contributed by atoms with E-state index in [2.05, 4.69) is 30.2 Å². The van der Waals surface area contributed by atoms with Crippen LogP contribution in [0.15, 0.2) is 48.1 Å². The minimum Gasteiger partial charge on any atom is -0.115 e. The van der Waals surface area contributed by atoms with E-state index in [1.54, 1.807) is 0 Å². The monoisotopic (exact) mass is 180 g/mol. The van der Waals surface area contributed by atoms with Crippen molar-refractivity contribution in [2.75, 3.05) is 0 Å². The number of benzene rings is 1. The van der Waals surface area contributed by atoms with Gasteiger partial charge in [0.05, 0.1) is 0 Å². The average Bonchev–Trinajstić information content (AvgIpc) is 2.30. The Morgan fingerprint density at radius 1 is 1.14 bits per heavy atom. The van der Waals surface area contributed by atoms with E-state index >= 15 is 0 Å². The van der Waals surface area contributed by atoms with E-state index in [9.17, 15) is 0 Å². The lowest BCUT2D eigenvalue weighted by Gasteiger charge is -2.09. The SMILES string of the molecule is C#CC1=CC(c2ccccc2)=CCC1. The molecule has 0 aromatic heterocycles. The smallest absolute Gasteiger partial charge is 0.00267 e. The van der Waals surface area contributed by atoms with Crippen LogP contribution in [0.5, 0.6) is 0 Å². The molecule has 1 aliphatic rings. The molecule has 1 aromatic rings. The van der Waals surface area contributed by atoms with E-state index in [1.165, 1.54) is 11.1 Å². The normalized spacial score (nSPS) is 15.4. The van der Waals surface area contributed by atoms with Crippen molar-refractivity contribution < 1.29 is 0 Å². The van der Waals surface area contributed by atoms with Gasteiger partial charge in [-0.25, -0.2) is 0 Å². The summed E-state index contributed by atoms with van der Waals surface area (Å²) in [6, 6.07) is 10.4. The molecule has 0 aliphatic heterocycles. The van der Waals surface area contributed by atoms with Gasteiger partial charge in [-0.05, 0) is 30.1 Å². The Balaban J connectivity index is 2.34. The summed E-state index contributed by atoms with van der Waals surface area (Å²) in [6.07, 6.45) is 11.8. The van der Waals surface area contributed by atoms with Gasteiger partial charge in [-0.15, -0.1) is 6.42 Å². The molecular weight excluding hydrogens is 168 g/mol. The highest BCUT2D eigenvalue weighted by molar-refractivity contribution is 5.76. The fourth-order valence-corrected chi connectivity index (χ4v) is 1.65. The van der Waals surface area contributed by atoms with Crippen LogP contribution in [0.3, 0.4) is 0 Å². The lowest BCUT2D eigenvalue weighted by molar-refractivity contribution is 1.00. The summed E-state index contributed by atoms with van der Waals surface area (Å²) in [5.41, 5.74) is 3.61. The molecule has 0 bridgehead atoms. The van der Waals surface area contributed by atoms with Gasteiger partial charge in [0.2, 0.25) is 0 Å². The summed E-state index contributed by atoms with van der Waals surface area (Å²) in [6.45, 7) is 0. The summed E-state index contributed by atoms with van der Waals surface area (Å²) in [4.78, 5) is 0. The molecule has 0 spiro atoms. The molecule has 1 aliphatic carbocycles. The Morgan fingerprint density at radius 2 is 1.93 bits per heavy atom. The number of terminal acetylenes is 1. The van der Waals surface area contributed by atoms with Crippen molar-refractivity contribution in [1.29, 1.82) is 0 Å². The molecule has 0 amide bonds. The van der Waals surface area contributed by atoms with Crippen molar-refractivity contribution in [3.63, 3.8) is 0 Å². The van der Waals surface area contributed by atoms with E-state index in [0.29, 0.717) is 0 Å². The minimum absolute atomic E-state index is 1.01. The van der Waals surface area contributed by atoms with Crippen LogP contribution < -0.4 is 0 Å². The fourth-order valence-electron chi connectivity index (χ4n) is 1.65. The van der Waals surface area contributed by atoms with Crippen LogP contribution in [-0.4, -0.2) is 0 Å². The van der Waals surface area contributed by atoms with Gasteiger partial charge in [-0.3, -0.25) is 0 Å². The summed E-state index contributed by atoms with van der Waals surface area (Å²) in [5, 5.41) is 0. The van der Waals surface area contributed by atoms with Crippen molar-refractivity contribution in [1.82, 2.24) is 0 Å². The molecule has 0 N–H and O–H groups in total. The lowest BCUT2D eigenvalue weighted by atomic mass is 9.95. The van der Waals surface area contributed by atoms with Crippen molar-refractivity contribution in [2.45, 2.75) is 12.8 Å². The van der Waals surface area contributed by atoms with Crippen LogP contribution in [0.25, 0.3) is 5.57 Å². The highest BCUT2D eigenvalue weighted by Crippen LogP contribution is 2.24. The third-order valence-electron chi connectivity index (χ3n) is 2.40. The molecule has 0 heterocycles. The quantitative estimate of drug-likeness (QED) is 0.581. The van der Waals surface area contributed by atoms with Gasteiger partial charge in [0.1, 0.15) is 0 Å². The molecule has 0 atom stereocenters. The molecule has 68 valence electrons. The maximum atomic E-state index is 5.40. The average molecular weight is 180 g/mol. The van der Waals surface area contributed by atoms with Gasteiger partial charge in [-0.2, -0.15) is 0 Å². The summed E-state index contributed by atoms with van der Waals surface area (Å²) in [5.74, 6) is 2.72. The highest BCUT2D eigenvalue weighted by Gasteiger charge is 2.04. The zero-order valence-electron chi connectivity index (χ0n) is 8.03. The first-order valence-corrected chi connectivity index (χ1v) is 4.83. The van der Waals surface area contributed by atoms with Gasteiger partial charge in [-0.1, -0.05) is 42.3 Å². The van der Waals surface area contributed by atoms with E-state index in [0.717, 1.165) is 18.4 Å². The van der Waals surface area contributed by atoms with E-state index < -0.39 is 0 Å². The molecule has 0 saturated heterocycles. The van der Waals surface area contributed by atoms with Gasteiger partial charge < -0.3 is 0 Å². The van der Waals surface area contributed by atoms with Crippen molar-refractivity contribution in [2.24, 2.45) is 0 Å². The highest BCUT2D eigenvalue weighted by atomic mass is 14.1. The first kappa shape index (κ1) is 8.84. The third-order valence-corrected chi connectivity index (χ3v) is 2.40. The van der Waals surface area contributed by atoms with Crippen LogP contribution in [0.1, 0.15) is 18.4 Å². The Labute approximate surface area is 85.0 Å². The van der Waals surface area contributed by atoms with Crippen LogP contribution in [0.4, 0.5) is 0 Å². The molecule has 2 rings (SSSR count). The van der Waals surface area contributed by atoms with Gasteiger partial charge in [0.15, 0.2) is 0 Å². The fraction of sp³-hybridized carbons (Fsp3) is 0.143. The molecule has 14 heavy (non-hydrogen) atoms. The van der Waals surface area contributed by atoms with Crippen molar-refractivity contribution in [3.8, 4) is 12.3 Å². The summed E-state index contributed by atoms with van der Waals surface area (Å²) >= 11 is 0. The first-order chi connectivity index (χ1) is 6.90. The van der Waals surface area contributed by atoms with Crippen molar-refractivity contribution in [3.05, 3.63) is 53.6 Å². The van der Waals surface area contributed by atoms with Crippen molar-refractivity contribution >= 4 is 5.57 Å². The number of allylic oxidation sites excluding steroid dienone is 4. The van der Waals surface area contributed by atoms with E-state index in [4.69, 9.17) is 6.42 Å². The third kappa shape index (κ3) is 1.78. The molecule has 0 saturated carbocycles. The predicted octanol–water partition coefficient (Wildman–Crippen LogP) is 3.42. The van der Waals surface area contributed by atoms with Crippen LogP contribution in [-0.2, 0) is 0 Å². The zero-order valence-corrected chi connectivity index (χ0v) is 8.03. The number of rotatable bonds is 1. The second-order valence-corrected chi connectivity index (χ2v) is 3.38. The Hall–Kier alpha value is -1.74. The summed E-state index contributed by atoms with van der Waals surface area (Å²) < 4.78 is 0. The maximum Gasteiger partial charge on any atom is 0.00267 e. The zero-order chi connectivity index (χ0) is 9.80. The number of hydrogen-bond donors (Lipinski definition) is 0. The standard InChI is InChI=1S/C14H12/c1-2-12-7-6-10-14(11-12)13-8-4-3-5-9-13/h1,3-5,8-11H,6-7H2. The number of hydrogen-bond acceptors (Lipinski definition) is 0. The van der Waals surface area contributed by atoms with E-state index in [-0.39, 0.29) is 0 Å². The molecule has 0 fully saturated rings.